The van der Waals surface area contributed by atoms with Gasteiger partial charge in [0, 0.05) is 13.1 Å². The van der Waals surface area contributed by atoms with E-state index >= 15 is 0 Å². The molecule has 23 heavy (non-hydrogen) atoms. The summed E-state index contributed by atoms with van der Waals surface area (Å²) >= 11 is 0. The molecule has 3 atom stereocenters. The van der Waals surface area contributed by atoms with Crippen LogP contribution >= 0.6 is 0 Å². The van der Waals surface area contributed by atoms with E-state index in [1.54, 1.807) is 0 Å². The number of nitrogens with zero attached hydrogens (tertiary/aromatic N) is 3. The summed E-state index contributed by atoms with van der Waals surface area (Å²) in [6, 6.07) is -3.98. The summed E-state index contributed by atoms with van der Waals surface area (Å²) in [6.45, 7) is 0.332. The van der Waals surface area contributed by atoms with Gasteiger partial charge in [0.15, 0.2) is 10.3 Å². The van der Waals surface area contributed by atoms with Gasteiger partial charge in [-0.3, -0.25) is 14.8 Å². The Morgan fingerprint density at radius 3 is 2.52 bits per heavy atom. The Morgan fingerprint density at radius 1 is 1.35 bits per heavy atom. The van der Waals surface area contributed by atoms with E-state index in [-0.39, 0.29) is 58.3 Å². The molecule has 3 aliphatic heterocycles. The number of hydroxylamine groups is 2. The summed E-state index contributed by atoms with van der Waals surface area (Å²) in [4.78, 5) is 36.4. The normalized spacial score (nSPS) is 29.6. The van der Waals surface area contributed by atoms with Gasteiger partial charge in [-0.15, -0.1) is 0 Å². The summed E-state index contributed by atoms with van der Waals surface area (Å²) in [5.74, 6) is -1.49. The number of β-lactam (4-membered cyclic amide) rings is 1. The maximum Gasteiger partial charge on any atom is 1.00 e. The van der Waals surface area contributed by atoms with Gasteiger partial charge in [0.1, 0.15) is 12.1 Å². The third kappa shape index (κ3) is 2.83. The zero-order valence-corrected chi connectivity index (χ0v) is 15.0. The summed E-state index contributed by atoms with van der Waals surface area (Å²) in [5.41, 5.74) is 0. The fraction of sp³-hybridized carbons (Fsp3) is 0.700. The number of carbonyl (C=O) groups excluding carboxylic acids is 3. The molecule has 0 unspecified atom stereocenters. The fourth-order valence-corrected chi connectivity index (χ4v) is 3.98. The van der Waals surface area contributed by atoms with E-state index in [1.807, 2.05) is 0 Å². The standard InChI is InChI=1S/C10H14N4O7S.Na/c15-8-6(1-3-11-8)13(18)10(17)12-4-2-5-7(12)9(16)14(5)22(19,20)21;/h5-7,18H,1-4H2,(H,11,15)(H,19,20,21);/q;+1/p-1/t5-,6-,7+;/m1./s1. The molecule has 3 aliphatic rings. The van der Waals surface area contributed by atoms with Crippen LogP contribution in [0.3, 0.4) is 0 Å². The summed E-state index contributed by atoms with van der Waals surface area (Å²) in [7, 11) is -4.91. The number of likely N-dealkylation sites (tertiary alicyclic amines) is 1. The summed E-state index contributed by atoms with van der Waals surface area (Å²) in [5, 5.41) is 12.6. The van der Waals surface area contributed by atoms with Crippen molar-refractivity contribution >= 4 is 28.1 Å². The van der Waals surface area contributed by atoms with Gasteiger partial charge >= 0.3 is 35.6 Å². The second kappa shape index (κ2) is 6.18. The smallest absolute Gasteiger partial charge is 0.731 e. The minimum Gasteiger partial charge on any atom is -0.731 e. The van der Waals surface area contributed by atoms with E-state index < -0.39 is 46.3 Å². The molecule has 2 N–H and O–H groups in total. The maximum atomic E-state index is 12.2. The molecule has 13 heteroatoms. The zero-order chi connectivity index (χ0) is 16.2. The summed E-state index contributed by atoms with van der Waals surface area (Å²) in [6.07, 6.45) is 0.354. The molecule has 0 saturated carbocycles. The van der Waals surface area contributed by atoms with Crippen LogP contribution < -0.4 is 34.9 Å². The largest absolute Gasteiger partial charge is 1.00 e. The molecule has 0 bridgehead atoms. The topological polar surface area (TPSA) is 150 Å². The van der Waals surface area contributed by atoms with Crippen LogP contribution in [0.25, 0.3) is 0 Å². The molecule has 0 aliphatic carbocycles. The fourth-order valence-electron chi connectivity index (χ4n) is 3.10. The molecule has 122 valence electrons. The van der Waals surface area contributed by atoms with Crippen LogP contribution in [-0.4, -0.2) is 81.5 Å². The van der Waals surface area contributed by atoms with Crippen LogP contribution in [0.1, 0.15) is 12.8 Å². The van der Waals surface area contributed by atoms with Gasteiger partial charge in [0.05, 0.1) is 6.04 Å². The van der Waals surface area contributed by atoms with Crippen LogP contribution in [0.4, 0.5) is 4.79 Å². The minimum atomic E-state index is -4.91. The van der Waals surface area contributed by atoms with Crippen molar-refractivity contribution in [3.05, 3.63) is 0 Å². The first kappa shape index (κ1) is 18.4. The van der Waals surface area contributed by atoms with Crippen molar-refractivity contribution in [2.45, 2.75) is 31.0 Å². The Kier molecular flexibility index (Phi) is 4.95. The number of amides is 4. The van der Waals surface area contributed by atoms with Gasteiger partial charge in [-0.05, 0) is 12.8 Å². The van der Waals surface area contributed by atoms with E-state index in [0.29, 0.717) is 6.54 Å². The minimum absolute atomic E-state index is 0. The molecule has 3 fully saturated rings. The number of urea groups is 1. The second-order valence-corrected chi connectivity index (χ2v) is 6.56. The SMILES string of the molecule is O=C1NCC[C@H]1N(O)C(=O)N1CC[C@@H]2[C@H]1C(=O)N2S(=O)(=O)[O-].[Na+]. The number of rotatable bonds is 2. The number of hydrogen-bond donors (Lipinski definition) is 2. The van der Waals surface area contributed by atoms with Gasteiger partial charge in [-0.2, -0.15) is 5.06 Å². The molecular formula is C10H13N4NaO7S. The van der Waals surface area contributed by atoms with Crippen molar-refractivity contribution in [1.29, 1.82) is 0 Å². The van der Waals surface area contributed by atoms with E-state index in [4.69, 9.17) is 0 Å². The van der Waals surface area contributed by atoms with E-state index in [2.05, 4.69) is 5.32 Å². The predicted octanol–water partition coefficient (Wildman–Crippen LogP) is -5.56. The average molecular weight is 356 g/mol. The molecule has 0 aromatic heterocycles. The number of carbonyl (C=O) groups is 3. The summed E-state index contributed by atoms with van der Waals surface area (Å²) < 4.78 is 33.1. The molecule has 3 saturated heterocycles. The second-order valence-electron chi connectivity index (χ2n) is 5.31. The van der Waals surface area contributed by atoms with Gasteiger partial charge in [0.25, 0.3) is 5.91 Å². The first-order valence-electron chi connectivity index (χ1n) is 6.59. The quantitative estimate of drug-likeness (QED) is 0.165. The Labute approximate surface area is 153 Å². The molecule has 0 aromatic carbocycles. The van der Waals surface area contributed by atoms with Gasteiger partial charge in [-0.25, -0.2) is 17.5 Å². The molecule has 3 rings (SSSR count). The van der Waals surface area contributed by atoms with E-state index in [1.165, 1.54) is 0 Å². The first-order valence-corrected chi connectivity index (χ1v) is 7.95. The van der Waals surface area contributed by atoms with Crippen molar-refractivity contribution in [3.63, 3.8) is 0 Å². The van der Waals surface area contributed by atoms with Crippen LogP contribution in [0, 0.1) is 0 Å². The molecule has 3 heterocycles. The van der Waals surface area contributed by atoms with Gasteiger partial charge in [-0.1, -0.05) is 0 Å². The van der Waals surface area contributed by atoms with Crippen molar-refractivity contribution in [2.75, 3.05) is 13.1 Å². The van der Waals surface area contributed by atoms with E-state index in [9.17, 15) is 32.6 Å². The third-order valence-electron chi connectivity index (χ3n) is 4.13. The average Bonchev–Trinajstić information content (AvgIpc) is 2.99. The maximum absolute atomic E-state index is 12.2. The van der Waals surface area contributed by atoms with Crippen molar-refractivity contribution in [3.8, 4) is 0 Å². The number of nitrogens with one attached hydrogen (secondary N) is 1. The van der Waals surface area contributed by atoms with E-state index in [0.717, 1.165) is 4.90 Å². The Hall–Kier alpha value is -0.920. The van der Waals surface area contributed by atoms with Gasteiger partial charge < -0.3 is 14.8 Å². The first-order chi connectivity index (χ1) is 10.2. The molecule has 0 spiro atoms. The zero-order valence-electron chi connectivity index (χ0n) is 12.2. The van der Waals surface area contributed by atoms with Crippen molar-refractivity contribution in [1.82, 2.24) is 19.6 Å². The Bertz CT molecular complexity index is 656. The predicted molar refractivity (Wildman–Crippen MR) is 65.9 cm³/mol. The van der Waals surface area contributed by atoms with Crippen molar-refractivity contribution < 1.29 is 62.1 Å². The molecule has 0 radical (unpaired) electrons. The molecule has 0 aromatic rings. The third-order valence-corrected chi connectivity index (χ3v) is 5.07. The van der Waals surface area contributed by atoms with Crippen LogP contribution in [0.2, 0.25) is 0 Å². The Balaban J connectivity index is 0.00000192. The number of hydrogen-bond acceptors (Lipinski definition) is 7. The number of fused-ring (bicyclic) bond motifs is 1. The van der Waals surface area contributed by atoms with Gasteiger partial charge in [0.2, 0.25) is 5.91 Å². The molecule has 11 nitrogen and oxygen atoms in total. The molecule has 4 amide bonds. The van der Waals surface area contributed by atoms with Crippen LogP contribution in [-0.2, 0) is 19.9 Å². The molecular weight excluding hydrogens is 343 g/mol. The Morgan fingerprint density at radius 2 is 2.00 bits per heavy atom. The van der Waals surface area contributed by atoms with Crippen molar-refractivity contribution in [2.24, 2.45) is 0 Å². The van der Waals surface area contributed by atoms with Crippen LogP contribution in [0.15, 0.2) is 0 Å². The van der Waals surface area contributed by atoms with Crippen LogP contribution in [0.5, 0.6) is 0 Å². The monoisotopic (exact) mass is 356 g/mol.